The average Bonchev–Trinajstić information content (AvgIpc) is 3.37. The Kier molecular flexibility index (Phi) is 7.45. The molecule has 0 radical (unpaired) electrons. The van der Waals surface area contributed by atoms with Crippen molar-refractivity contribution in [2.75, 3.05) is 33.0 Å². The average molecular weight is 522 g/mol. The Hall–Kier alpha value is -3.40. The zero-order chi connectivity index (χ0) is 25.8. The van der Waals surface area contributed by atoms with Gasteiger partial charge >= 0.3 is 0 Å². The Morgan fingerprint density at radius 1 is 0.892 bits per heavy atom. The molecule has 0 saturated carbocycles. The zero-order valence-corrected chi connectivity index (χ0v) is 21.6. The predicted octanol–water partition coefficient (Wildman–Crippen LogP) is 2.96. The van der Waals surface area contributed by atoms with E-state index in [4.69, 9.17) is 9.47 Å². The molecule has 0 bridgehead atoms. The first kappa shape index (κ1) is 25.3. The SMILES string of the molecule is Cc1ccc(S(=O)(=O)N[C@H](Cc2ccccc2)C(=O)N2CCN(Cc3ccc4c(c3)OCO4)CC2)cc1. The van der Waals surface area contributed by atoms with Crippen molar-refractivity contribution in [1.29, 1.82) is 0 Å². The number of fused-ring (bicyclic) bond motifs is 1. The second kappa shape index (κ2) is 10.9. The van der Waals surface area contributed by atoms with E-state index >= 15 is 0 Å². The van der Waals surface area contributed by atoms with Gasteiger partial charge < -0.3 is 14.4 Å². The van der Waals surface area contributed by atoms with Crippen LogP contribution in [0.2, 0.25) is 0 Å². The van der Waals surface area contributed by atoms with Gasteiger partial charge in [-0.2, -0.15) is 4.72 Å². The highest BCUT2D eigenvalue weighted by Gasteiger charge is 2.31. The molecule has 37 heavy (non-hydrogen) atoms. The molecule has 2 aliphatic heterocycles. The monoisotopic (exact) mass is 521 g/mol. The van der Waals surface area contributed by atoms with Crippen LogP contribution in [0, 0.1) is 6.92 Å². The summed E-state index contributed by atoms with van der Waals surface area (Å²) in [5.41, 5.74) is 2.99. The van der Waals surface area contributed by atoms with Gasteiger partial charge in [-0.05, 0) is 48.7 Å². The van der Waals surface area contributed by atoms with Crippen molar-refractivity contribution in [1.82, 2.24) is 14.5 Å². The van der Waals surface area contributed by atoms with Crippen LogP contribution in [0.4, 0.5) is 0 Å². The van der Waals surface area contributed by atoms with Gasteiger partial charge in [0.2, 0.25) is 22.7 Å². The summed E-state index contributed by atoms with van der Waals surface area (Å²) >= 11 is 0. The van der Waals surface area contributed by atoms with Crippen LogP contribution in [0.5, 0.6) is 11.5 Å². The minimum Gasteiger partial charge on any atom is -0.454 e. The van der Waals surface area contributed by atoms with Gasteiger partial charge in [0.05, 0.1) is 4.90 Å². The molecule has 2 aliphatic rings. The lowest BCUT2D eigenvalue weighted by Gasteiger charge is -2.36. The van der Waals surface area contributed by atoms with Crippen molar-refractivity contribution in [3.05, 3.63) is 89.5 Å². The molecule has 8 nitrogen and oxygen atoms in total. The van der Waals surface area contributed by atoms with Crippen LogP contribution in [-0.4, -0.2) is 63.1 Å². The highest BCUT2D eigenvalue weighted by molar-refractivity contribution is 7.89. The number of sulfonamides is 1. The van der Waals surface area contributed by atoms with Gasteiger partial charge in [-0.25, -0.2) is 8.42 Å². The molecule has 1 N–H and O–H groups in total. The number of benzene rings is 3. The maximum absolute atomic E-state index is 13.6. The van der Waals surface area contributed by atoms with Crippen LogP contribution in [0.1, 0.15) is 16.7 Å². The Morgan fingerprint density at radius 2 is 1.59 bits per heavy atom. The largest absolute Gasteiger partial charge is 0.454 e. The van der Waals surface area contributed by atoms with Gasteiger partial charge in [0.1, 0.15) is 6.04 Å². The van der Waals surface area contributed by atoms with Crippen molar-refractivity contribution >= 4 is 15.9 Å². The zero-order valence-electron chi connectivity index (χ0n) is 20.8. The third kappa shape index (κ3) is 6.12. The maximum atomic E-state index is 13.6. The number of nitrogens with one attached hydrogen (secondary N) is 1. The van der Waals surface area contributed by atoms with Gasteiger partial charge in [-0.15, -0.1) is 0 Å². The number of amides is 1. The number of aryl methyl sites for hydroxylation is 1. The summed E-state index contributed by atoms with van der Waals surface area (Å²) in [4.78, 5) is 17.8. The van der Waals surface area contributed by atoms with Crippen LogP contribution in [0.3, 0.4) is 0 Å². The molecule has 1 atom stereocenters. The summed E-state index contributed by atoms with van der Waals surface area (Å²) < 4.78 is 39.9. The van der Waals surface area contributed by atoms with Crippen molar-refractivity contribution in [2.24, 2.45) is 0 Å². The standard InChI is InChI=1S/C28H31N3O5S/c1-21-7-10-24(11-8-21)37(33,34)29-25(17-22-5-3-2-4-6-22)28(32)31-15-13-30(14-16-31)19-23-9-12-26-27(18-23)36-20-35-26/h2-12,18,25,29H,13-17,19-20H2,1H3/t25-/m1/s1. The summed E-state index contributed by atoms with van der Waals surface area (Å²) in [6.07, 6.45) is 0.280. The first-order valence-corrected chi connectivity index (χ1v) is 13.9. The number of ether oxygens (including phenoxy) is 2. The highest BCUT2D eigenvalue weighted by Crippen LogP contribution is 2.32. The Morgan fingerprint density at radius 3 is 2.32 bits per heavy atom. The van der Waals surface area contributed by atoms with E-state index < -0.39 is 16.1 Å². The van der Waals surface area contributed by atoms with Crippen molar-refractivity contribution in [3.8, 4) is 11.5 Å². The molecule has 0 aromatic heterocycles. The number of hydrogen-bond donors (Lipinski definition) is 1. The topological polar surface area (TPSA) is 88.2 Å². The summed E-state index contributed by atoms with van der Waals surface area (Å²) in [6.45, 7) is 5.34. The second-order valence-corrected chi connectivity index (χ2v) is 11.2. The van der Waals surface area contributed by atoms with Gasteiger partial charge in [0, 0.05) is 32.7 Å². The Labute approximate surface area is 217 Å². The van der Waals surface area contributed by atoms with Crippen LogP contribution < -0.4 is 14.2 Å². The first-order valence-electron chi connectivity index (χ1n) is 12.4. The van der Waals surface area contributed by atoms with Crippen LogP contribution >= 0.6 is 0 Å². The minimum absolute atomic E-state index is 0.150. The Bertz CT molecular complexity index is 1340. The summed E-state index contributed by atoms with van der Waals surface area (Å²) in [6, 6.07) is 21.2. The molecule has 194 valence electrons. The van der Waals surface area contributed by atoms with E-state index in [1.54, 1.807) is 29.2 Å². The molecule has 9 heteroatoms. The van der Waals surface area contributed by atoms with Gasteiger partial charge in [0.15, 0.2) is 11.5 Å². The molecule has 1 fully saturated rings. The predicted molar refractivity (Wildman–Crippen MR) is 140 cm³/mol. The van der Waals surface area contributed by atoms with Crippen molar-refractivity contribution in [3.63, 3.8) is 0 Å². The molecule has 3 aromatic rings. The number of nitrogens with zero attached hydrogens (tertiary/aromatic N) is 2. The lowest BCUT2D eigenvalue weighted by atomic mass is 10.1. The lowest BCUT2D eigenvalue weighted by Crippen LogP contribution is -2.55. The smallest absolute Gasteiger partial charge is 0.241 e. The lowest BCUT2D eigenvalue weighted by molar-refractivity contribution is -0.134. The quantitative estimate of drug-likeness (QED) is 0.491. The third-order valence-electron chi connectivity index (χ3n) is 6.74. The van der Waals surface area contributed by atoms with E-state index in [2.05, 4.69) is 9.62 Å². The van der Waals surface area contributed by atoms with Gasteiger partial charge in [-0.1, -0.05) is 54.1 Å². The van der Waals surface area contributed by atoms with Gasteiger partial charge in [-0.3, -0.25) is 9.69 Å². The van der Waals surface area contributed by atoms with Crippen molar-refractivity contribution < 1.29 is 22.7 Å². The van der Waals surface area contributed by atoms with E-state index in [0.717, 1.165) is 34.7 Å². The molecular formula is C28H31N3O5S. The first-order chi connectivity index (χ1) is 17.9. The van der Waals surface area contributed by atoms with E-state index in [9.17, 15) is 13.2 Å². The molecule has 2 heterocycles. The third-order valence-corrected chi connectivity index (χ3v) is 8.22. The molecule has 0 aliphatic carbocycles. The highest BCUT2D eigenvalue weighted by atomic mass is 32.2. The van der Waals surface area contributed by atoms with E-state index in [1.807, 2.05) is 55.5 Å². The summed E-state index contributed by atoms with van der Waals surface area (Å²) in [7, 11) is -3.87. The fourth-order valence-electron chi connectivity index (χ4n) is 4.65. The number of carbonyl (C=O) groups excluding carboxylic acids is 1. The number of hydrogen-bond acceptors (Lipinski definition) is 6. The molecule has 3 aromatic carbocycles. The fourth-order valence-corrected chi connectivity index (χ4v) is 5.84. The molecule has 1 saturated heterocycles. The molecular weight excluding hydrogens is 490 g/mol. The fraction of sp³-hybridized carbons (Fsp3) is 0.321. The van der Waals surface area contributed by atoms with E-state index in [0.29, 0.717) is 26.2 Å². The van der Waals surface area contributed by atoms with Crippen LogP contribution in [0.25, 0.3) is 0 Å². The van der Waals surface area contributed by atoms with E-state index in [-0.39, 0.29) is 24.0 Å². The summed E-state index contributed by atoms with van der Waals surface area (Å²) in [5.74, 6) is 1.31. The maximum Gasteiger partial charge on any atom is 0.241 e. The van der Waals surface area contributed by atoms with Crippen molar-refractivity contribution in [2.45, 2.75) is 30.8 Å². The number of rotatable bonds is 8. The number of piperazine rings is 1. The molecule has 1 amide bonds. The molecule has 5 rings (SSSR count). The minimum atomic E-state index is -3.87. The van der Waals surface area contributed by atoms with Crippen LogP contribution in [0.15, 0.2) is 77.7 Å². The summed E-state index contributed by atoms with van der Waals surface area (Å²) in [5, 5.41) is 0. The normalized spacial score (nSPS) is 16.5. The molecule has 0 unspecified atom stereocenters. The van der Waals surface area contributed by atoms with Gasteiger partial charge in [0.25, 0.3) is 0 Å². The second-order valence-electron chi connectivity index (χ2n) is 9.47. The molecule has 0 spiro atoms. The Balaban J connectivity index is 1.26. The van der Waals surface area contributed by atoms with Crippen LogP contribution in [-0.2, 0) is 27.8 Å². The van der Waals surface area contributed by atoms with E-state index in [1.165, 1.54) is 0 Å². The number of carbonyl (C=O) groups is 1.